The van der Waals surface area contributed by atoms with Crippen molar-refractivity contribution in [3.63, 3.8) is 0 Å². The van der Waals surface area contributed by atoms with E-state index in [1.54, 1.807) is 6.07 Å². The Balaban J connectivity index is 0.00000131. The predicted octanol–water partition coefficient (Wildman–Crippen LogP) is 2.68. The quantitative estimate of drug-likeness (QED) is 0.700. The van der Waals surface area contributed by atoms with Crippen LogP contribution in [0.2, 0.25) is 10.0 Å². The van der Waals surface area contributed by atoms with Crippen molar-refractivity contribution in [3.8, 4) is 0 Å². The van der Waals surface area contributed by atoms with E-state index in [1.165, 1.54) is 0 Å². The van der Waals surface area contributed by atoms with Crippen LogP contribution in [0.5, 0.6) is 0 Å². The topological polar surface area (TPSA) is 116 Å². The molecule has 1 saturated heterocycles. The lowest BCUT2D eigenvalue weighted by Gasteiger charge is -2.32. The maximum absolute atomic E-state index is 13.0. The fourth-order valence-electron chi connectivity index (χ4n) is 3.39. The molecule has 9 heteroatoms. The highest BCUT2D eigenvalue weighted by Gasteiger charge is 2.42. The Morgan fingerprint density at radius 2 is 1.54 bits per heavy atom. The number of halogens is 3. The van der Waals surface area contributed by atoms with Crippen molar-refractivity contribution >= 4 is 52.9 Å². The lowest BCUT2D eigenvalue weighted by atomic mass is 9.87. The first-order valence-corrected chi connectivity index (χ1v) is 9.01. The molecule has 152 valence electrons. The van der Waals surface area contributed by atoms with Crippen LogP contribution in [0.15, 0.2) is 47.5 Å². The van der Waals surface area contributed by atoms with Crippen molar-refractivity contribution < 1.29 is 15.7 Å². The number of piperidine rings is 1. The molecule has 0 aliphatic carbocycles. The zero-order chi connectivity index (χ0) is 17.4. The summed E-state index contributed by atoms with van der Waals surface area (Å²) in [5, 5.41) is 7.63. The molecule has 1 spiro atoms. The maximum Gasteiger partial charge on any atom is 0.252 e. The smallest absolute Gasteiger partial charge is 0.252 e. The second-order valence-corrected chi connectivity index (χ2v) is 7.27. The van der Waals surface area contributed by atoms with Crippen LogP contribution >= 0.6 is 35.6 Å². The summed E-state index contributed by atoms with van der Waals surface area (Å²) < 4.78 is 0. The Hall–Kier alpha value is -1.67. The molecule has 2 aromatic carbocycles. The van der Waals surface area contributed by atoms with Crippen molar-refractivity contribution in [1.29, 1.82) is 0 Å². The number of fused-ring (bicyclic) bond motifs is 1. The number of benzene rings is 2. The van der Waals surface area contributed by atoms with Crippen molar-refractivity contribution in [2.45, 2.75) is 18.4 Å². The van der Waals surface area contributed by atoms with Gasteiger partial charge in [-0.25, -0.2) is 0 Å². The summed E-state index contributed by atoms with van der Waals surface area (Å²) >= 11 is 12.3. The molecular weight excluding hydrogens is 425 g/mol. The minimum absolute atomic E-state index is 0. The maximum atomic E-state index is 13.0. The van der Waals surface area contributed by atoms with E-state index in [2.05, 4.69) is 10.6 Å². The molecule has 0 saturated carbocycles. The summed E-state index contributed by atoms with van der Waals surface area (Å²) in [4.78, 5) is 18.0. The van der Waals surface area contributed by atoms with Gasteiger partial charge in [0.1, 0.15) is 5.54 Å². The van der Waals surface area contributed by atoms with Gasteiger partial charge in [0.25, 0.3) is 5.91 Å². The summed E-state index contributed by atoms with van der Waals surface area (Å²) in [6.07, 6.45) is 1.33. The Labute approximate surface area is 179 Å². The second-order valence-electron chi connectivity index (χ2n) is 6.39. The Bertz CT molecular complexity index is 866. The highest BCUT2D eigenvalue weighted by Crippen LogP contribution is 2.34. The summed E-state index contributed by atoms with van der Waals surface area (Å²) in [5.74, 6) is -0.0541. The number of aliphatic imine (C=N–C) groups is 1. The zero-order valence-corrected chi connectivity index (χ0v) is 17.2. The van der Waals surface area contributed by atoms with Crippen LogP contribution in [0.3, 0.4) is 0 Å². The summed E-state index contributed by atoms with van der Waals surface area (Å²) in [6.45, 7) is 1.53. The normalized spacial score (nSPS) is 16.9. The number of hydrogen-bond donors (Lipinski definition) is 2. The minimum Gasteiger partial charge on any atom is -0.412 e. The standard InChI is InChI=1S/C19H17Cl2N3O.ClH.2H2O/c20-13-3-1-12(2-4-13)17-15-11-14(21)5-6-16(15)23-18(25)19(24-17)7-9-22-10-8-19;;;/h1-6,11,22H,7-10H2,(H,23,25);1H;2*1H2. The lowest BCUT2D eigenvalue weighted by molar-refractivity contribution is -0.121. The Morgan fingerprint density at radius 1 is 0.929 bits per heavy atom. The van der Waals surface area contributed by atoms with Gasteiger partial charge in [-0.2, -0.15) is 0 Å². The van der Waals surface area contributed by atoms with E-state index in [4.69, 9.17) is 28.2 Å². The van der Waals surface area contributed by atoms with E-state index < -0.39 is 5.54 Å². The minimum atomic E-state index is -0.758. The molecule has 4 rings (SSSR count). The third-order valence-electron chi connectivity index (χ3n) is 4.78. The number of anilines is 1. The van der Waals surface area contributed by atoms with Crippen LogP contribution in [-0.4, -0.2) is 41.2 Å². The molecule has 0 bridgehead atoms. The molecule has 6 nitrogen and oxygen atoms in total. The van der Waals surface area contributed by atoms with Gasteiger partial charge >= 0.3 is 0 Å². The first kappa shape index (κ1) is 24.4. The molecule has 0 unspecified atom stereocenters. The monoisotopic (exact) mass is 445 g/mol. The van der Waals surface area contributed by atoms with E-state index in [0.717, 1.165) is 35.6 Å². The van der Waals surface area contributed by atoms with Gasteiger partial charge in [0.2, 0.25) is 0 Å². The van der Waals surface area contributed by atoms with Crippen LogP contribution in [0.4, 0.5) is 5.69 Å². The Kier molecular flexibility index (Phi) is 8.44. The highest BCUT2D eigenvalue weighted by atomic mass is 35.5. The molecule has 2 aliphatic heterocycles. The number of rotatable bonds is 1. The molecule has 2 heterocycles. The van der Waals surface area contributed by atoms with Gasteiger partial charge in [-0.15, -0.1) is 12.4 Å². The van der Waals surface area contributed by atoms with Crippen LogP contribution in [-0.2, 0) is 4.79 Å². The number of nitrogens with one attached hydrogen (secondary N) is 2. The van der Waals surface area contributed by atoms with Crippen molar-refractivity contribution in [3.05, 3.63) is 63.6 Å². The van der Waals surface area contributed by atoms with Crippen LogP contribution in [0, 0.1) is 0 Å². The summed E-state index contributed by atoms with van der Waals surface area (Å²) in [7, 11) is 0. The van der Waals surface area contributed by atoms with Gasteiger partial charge in [0.15, 0.2) is 0 Å². The fourth-order valence-corrected chi connectivity index (χ4v) is 3.69. The van der Waals surface area contributed by atoms with Gasteiger partial charge in [0, 0.05) is 21.2 Å². The second kappa shape index (κ2) is 9.69. The average molecular weight is 447 g/mol. The van der Waals surface area contributed by atoms with E-state index in [0.29, 0.717) is 22.9 Å². The largest absolute Gasteiger partial charge is 0.412 e. The SMILES string of the molecule is Cl.O.O.O=C1Nc2ccc(Cl)cc2C(c2ccc(Cl)cc2)=NC12CCNCC2. The average Bonchev–Trinajstić information content (AvgIpc) is 2.73. The van der Waals surface area contributed by atoms with E-state index >= 15 is 0 Å². The third-order valence-corrected chi connectivity index (χ3v) is 5.27. The molecule has 0 radical (unpaired) electrons. The highest BCUT2D eigenvalue weighted by molar-refractivity contribution is 6.32. The zero-order valence-electron chi connectivity index (χ0n) is 14.9. The van der Waals surface area contributed by atoms with Crippen LogP contribution < -0.4 is 10.6 Å². The molecule has 0 atom stereocenters. The summed E-state index contributed by atoms with van der Waals surface area (Å²) in [5.41, 5.74) is 2.50. The molecule has 2 aliphatic rings. The van der Waals surface area contributed by atoms with Crippen LogP contribution in [0.1, 0.15) is 24.0 Å². The molecule has 2 aromatic rings. The molecule has 6 N–H and O–H groups in total. The third kappa shape index (κ3) is 4.49. The molecule has 0 aromatic heterocycles. The van der Waals surface area contributed by atoms with Crippen molar-refractivity contribution in [2.75, 3.05) is 18.4 Å². The number of nitrogens with zero attached hydrogens (tertiary/aromatic N) is 1. The van der Waals surface area contributed by atoms with E-state index in [9.17, 15) is 4.79 Å². The van der Waals surface area contributed by atoms with E-state index in [-0.39, 0.29) is 29.3 Å². The van der Waals surface area contributed by atoms with Gasteiger partial charge in [-0.05, 0) is 56.3 Å². The molecular formula is C19H22Cl3N3O3. The number of carbonyl (C=O) groups excluding carboxylic acids is 1. The fraction of sp³-hybridized carbons (Fsp3) is 0.263. The predicted molar refractivity (Wildman–Crippen MR) is 116 cm³/mol. The first-order chi connectivity index (χ1) is 12.1. The van der Waals surface area contributed by atoms with Crippen LogP contribution in [0.25, 0.3) is 0 Å². The van der Waals surface area contributed by atoms with Gasteiger partial charge < -0.3 is 21.6 Å². The van der Waals surface area contributed by atoms with Crippen molar-refractivity contribution in [1.82, 2.24) is 5.32 Å². The lowest BCUT2D eigenvalue weighted by Crippen LogP contribution is -2.49. The molecule has 28 heavy (non-hydrogen) atoms. The number of hydrogen-bond acceptors (Lipinski definition) is 3. The van der Waals surface area contributed by atoms with E-state index in [1.807, 2.05) is 36.4 Å². The number of amides is 1. The van der Waals surface area contributed by atoms with Gasteiger partial charge in [0.05, 0.1) is 11.4 Å². The first-order valence-electron chi connectivity index (χ1n) is 8.25. The molecule has 1 amide bonds. The Morgan fingerprint density at radius 3 is 2.18 bits per heavy atom. The van der Waals surface area contributed by atoms with Gasteiger partial charge in [-0.1, -0.05) is 35.3 Å². The van der Waals surface area contributed by atoms with Crippen molar-refractivity contribution in [2.24, 2.45) is 4.99 Å². The summed E-state index contributed by atoms with van der Waals surface area (Å²) in [6, 6.07) is 13.0. The molecule has 1 fully saturated rings. The number of carbonyl (C=O) groups is 1. The van der Waals surface area contributed by atoms with Gasteiger partial charge in [-0.3, -0.25) is 9.79 Å².